The molecule has 6 aliphatic heterocycles. The van der Waals surface area contributed by atoms with Crippen LogP contribution < -0.4 is 76.7 Å². The maximum Gasteiger partial charge on any atom is 0.260 e. The lowest BCUT2D eigenvalue weighted by molar-refractivity contribution is 0.465. The van der Waals surface area contributed by atoms with E-state index < -0.39 is 0 Å². The van der Waals surface area contributed by atoms with Crippen molar-refractivity contribution >= 4 is 116 Å². The Morgan fingerprint density at radius 3 is 0.989 bits per heavy atom. The molecule has 11 heteroatoms. The van der Waals surface area contributed by atoms with Crippen molar-refractivity contribution in [2.75, 3.05) is 21.1 Å². The SMILES string of the molecule is CSN1c2cc3c(cc2B2c4cc5c(cc4N(SC)c4cc(-c6c(C)cccc6C)cc1c42)Oc1cc(-c2c(C)cccc2C)cc2c1B5c1cccc(-c4ccccc4)c1O2)B1c2cccc(-c4ccccc4)c2Oc2cc(-c4c(C)cccc4C)cc(c21)O3. The molecule has 0 amide bonds. The number of hydrogen-bond donors (Lipinski definition) is 0. The fraction of sp³-hybridized carbons (Fsp3) is 0.100. The summed E-state index contributed by atoms with van der Waals surface area (Å²) in [6, 6.07) is 78.1. The fourth-order valence-corrected chi connectivity index (χ4v) is 17.7. The molecule has 6 heterocycles. The standard InChI is InChI=1S/C80H59B3N2O4S2/c1-44-20-15-21-45(2)73(44)52-34-65-76-66(35-52)85(91-8)64-43-68-62(82-58-33-19-31-56(51-28-13-10-14-29-51)80(58)89-72-39-54(37-70(87-68)78(72)82)75-48(5)24-17-25-49(75)6)41-60(64)83(76)59-40-61-67(42-63(59)84(65)90-7)86-69-36-53(74-46(3)22-16-23-47(74)4)38-71-77(69)81(61)57-32-18-30-55(79(57)88-71)50-26-11-9-12-27-50/h9-43H,1-8H3. The molecular weight excluding hydrogens is 1150 g/mol. The van der Waals surface area contributed by atoms with Crippen molar-refractivity contribution in [1.82, 2.24) is 0 Å². The molecule has 0 saturated carbocycles. The van der Waals surface area contributed by atoms with Crippen LogP contribution in [0.1, 0.15) is 33.4 Å². The van der Waals surface area contributed by atoms with Gasteiger partial charge in [-0.3, -0.25) is 8.61 Å². The fourth-order valence-electron chi connectivity index (χ4n) is 16.3. The number of fused-ring (bicyclic) bond motifs is 12. The van der Waals surface area contributed by atoms with E-state index in [1.54, 1.807) is 23.9 Å². The zero-order valence-corrected chi connectivity index (χ0v) is 53.4. The van der Waals surface area contributed by atoms with Crippen LogP contribution in [0.15, 0.2) is 212 Å². The van der Waals surface area contributed by atoms with Gasteiger partial charge in [0, 0.05) is 46.7 Å². The Kier molecular flexibility index (Phi) is 12.2. The molecule has 18 rings (SSSR count). The molecule has 12 aromatic rings. The van der Waals surface area contributed by atoms with Crippen molar-refractivity contribution in [1.29, 1.82) is 0 Å². The van der Waals surface area contributed by atoms with Crippen molar-refractivity contribution < 1.29 is 18.9 Å². The van der Waals surface area contributed by atoms with Gasteiger partial charge in [0.2, 0.25) is 0 Å². The van der Waals surface area contributed by atoms with Crippen LogP contribution >= 0.6 is 23.9 Å². The first-order chi connectivity index (χ1) is 44.5. The van der Waals surface area contributed by atoms with Crippen molar-refractivity contribution in [3.63, 3.8) is 0 Å². The van der Waals surface area contributed by atoms with E-state index in [0.29, 0.717) is 0 Å². The minimum absolute atomic E-state index is 0.211. The lowest BCUT2D eigenvalue weighted by Gasteiger charge is -2.44. The van der Waals surface area contributed by atoms with Gasteiger partial charge in [-0.05, 0) is 218 Å². The summed E-state index contributed by atoms with van der Waals surface area (Å²) >= 11 is 3.49. The molecule has 0 atom stereocenters. The first-order valence-electron chi connectivity index (χ1n) is 31.4. The summed E-state index contributed by atoms with van der Waals surface area (Å²) in [5.41, 5.74) is 33.3. The summed E-state index contributed by atoms with van der Waals surface area (Å²) in [4.78, 5) is 0. The maximum absolute atomic E-state index is 7.50. The van der Waals surface area contributed by atoms with Gasteiger partial charge in [-0.25, -0.2) is 0 Å². The van der Waals surface area contributed by atoms with Crippen LogP contribution in [-0.4, -0.2) is 32.6 Å². The predicted octanol–water partition coefficient (Wildman–Crippen LogP) is 15.3. The quantitative estimate of drug-likeness (QED) is 0.116. The van der Waals surface area contributed by atoms with E-state index in [0.717, 1.165) is 135 Å². The lowest BCUT2D eigenvalue weighted by atomic mass is 9.29. The lowest BCUT2D eigenvalue weighted by Crippen LogP contribution is -2.65. The van der Waals surface area contributed by atoms with Crippen LogP contribution in [0.25, 0.3) is 55.6 Å². The van der Waals surface area contributed by atoms with Crippen LogP contribution in [0.4, 0.5) is 22.7 Å². The first kappa shape index (κ1) is 54.3. The van der Waals surface area contributed by atoms with Crippen molar-refractivity contribution in [3.05, 3.63) is 246 Å². The summed E-state index contributed by atoms with van der Waals surface area (Å²) in [7, 11) is 0. The van der Waals surface area contributed by atoms with Gasteiger partial charge in [0.1, 0.15) is 46.0 Å². The second-order valence-electron chi connectivity index (χ2n) is 25.2. The highest BCUT2D eigenvalue weighted by Crippen LogP contribution is 2.50. The third-order valence-electron chi connectivity index (χ3n) is 20.1. The van der Waals surface area contributed by atoms with Crippen LogP contribution in [-0.2, 0) is 0 Å². The number of hydrogen-bond acceptors (Lipinski definition) is 8. The third kappa shape index (κ3) is 7.99. The van der Waals surface area contributed by atoms with Crippen LogP contribution in [0.5, 0.6) is 46.0 Å². The van der Waals surface area contributed by atoms with E-state index in [9.17, 15) is 0 Å². The Morgan fingerprint density at radius 2 is 0.615 bits per heavy atom. The van der Waals surface area contributed by atoms with Crippen LogP contribution in [0.3, 0.4) is 0 Å². The Bertz CT molecular complexity index is 4820. The minimum Gasteiger partial charge on any atom is -0.458 e. The summed E-state index contributed by atoms with van der Waals surface area (Å²) in [5, 5.41) is 0. The molecule has 0 bridgehead atoms. The first-order valence-corrected chi connectivity index (χ1v) is 33.7. The summed E-state index contributed by atoms with van der Waals surface area (Å²) in [6.07, 6.45) is 4.43. The van der Waals surface area contributed by atoms with Gasteiger partial charge in [0.15, 0.2) is 0 Å². The molecule has 0 aliphatic carbocycles. The zero-order chi connectivity index (χ0) is 61.2. The van der Waals surface area contributed by atoms with Gasteiger partial charge in [-0.1, -0.05) is 164 Å². The van der Waals surface area contributed by atoms with E-state index in [2.05, 4.69) is 275 Å². The number of ether oxygens (including phenoxy) is 4. The largest absolute Gasteiger partial charge is 0.458 e. The number of anilines is 4. The molecule has 91 heavy (non-hydrogen) atoms. The average molecular weight is 1210 g/mol. The predicted molar refractivity (Wildman–Crippen MR) is 386 cm³/mol. The Labute approximate surface area is 541 Å². The molecular formula is C80H59B3N2O4S2. The highest BCUT2D eigenvalue weighted by Gasteiger charge is 2.50. The third-order valence-corrected chi connectivity index (χ3v) is 21.6. The monoisotopic (exact) mass is 1210 g/mol. The van der Waals surface area contributed by atoms with E-state index in [1.165, 1.54) is 72.0 Å². The van der Waals surface area contributed by atoms with E-state index in [-0.39, 0.29) is 20.1 Å². The zero-order valence-electron chi connectivity index (χ0n) is 51.8. The van der Waals surface area contributed by atoms with Gasteiger partial charge in [-0.15, -0.1) is 0 Å². The van der Waals surface area contributed by atoms with Crippen molar-refractivity contribution in [2.45, 2.75) is 41.5 Å². The molecule has 12 aromatic carbocycles. The molecule has 6 nitrogen and oxygen atoms in total. The van der Waals surface area contributed by atoms with E-state index >= 15 is 0 Å². The molecule has 0 unspecified atom stereocenters. The van der Waals surface area contributed by atoms with E-state index in [1.807, 2.05) is 0 Å². The number of benzene rings is 12. The highest BCUT2D eigenvalue weighted by atomic mass is 32.2. The Hall–Kier alpha value is -9.67. The Balaban J connectivity index is 0.904. The number of nitrogens with zero attached hydrogens (tertiary/aromatic N) is 2. The van der Waals surface area contributed by atoms with Crippen molar-refractivity contribution in [3.8, 4) is 102 Å². The van der Waals surface area contributed by atoms with Gasteiger partial charge >= 0.3 is 0 Å². The minimum atomic E-state index is -0.214. The molecule has 0 saturated heterocycles. The number of rotatable bonds is 7. The smallest absolute Gasteiger partial charge is 0.260 e. The topological polar surface area (TPSA) is 43.4 Å². The van der Waals surface area contributed by atoms with Gasteiger partial charge in [0.25, 0.3) is 20.1 Å². The van der Waals surface area contributed by atoms with Crippen LogP contribution in [0, 0.1) is 41.5 Å². The summed E-state index contributed by atoms with van der Waals surface area (Å²) in [6.45, 7) is 12.6. The summed E-state index contributed by atoms with van der Waals surface area (Å²) in [5.74, 6) is 6.68. The van der Waals surface area contributed by atoms with E-state index in [4.69, 9.17) is 18.9 Å². The molecule has 0 fully saturated rings. The molecule has 0 N–H and O–H groups in total. The summed E-state index contributed by atoms with van der Waals surface area (Å²) < 4.78 is 34.7. The highest BCUT2D eigenvalue weighted by molar-refractivity contribution is 8.00. The number of para-hydroxylation sites is 2. The molecule has 6 aliphatic rings. The molecule has 434 valence electrons. The average Bonchev–Trinajstić information content (AvgIpc) is 0.699. The van der Waals surface area contributed by atoms with Crippen molar-refractivity contribution in [2.24, 2.45) is 0 Å². The second kappa shape index (κ2) is 20.4. The molecule has 0 aromatic heterocycles. The normalized spacial score (nSPS) is 13.6. The Morgan fingerprint density at radius 1 is 0.275 bits per heavy atom. The second-order valence-corrected chi connectivity index (χ2v) is 26.7. The van der Waals surface area contributed by atoms with Gasteiger partial charge in [0.05, 0.1) is 22.7 Å². The van der Waals surface area contributed by atoms with Crippen LogP contribution in [0.2, 0.25) is 0 Å². The van der Waals surface area contributed by atoms with Gasteiger partial charge < -0.3 is 18.9 Å². The maximum atomic E-state index is 7.50. The molecule has 0 radical (unpaired) electrons. The van der Waals surface area contributed by atoms with Gasteiger partial charge in [-0.2, -0.15) is 0 Å². The number of aryl methyl sites for hydroxylation is 6. The molecule has 0 spiro atoms.